The standard InChI is InChI=1S/C13H20F3NO3S.3CO.Mn/c1-10(2)12(17(3)4,11-8-6-5-7-9-11)20-21(18,19)13(14,15)16;3*1-2;/h5-8,10-11H,9H2,1-4H3;;;;. The van der Waals surface area contributed by atoms with Crippen LogP contribution in [0.2, 0.25) is 0 Å². The molecule has 2 unspecified atom stereocenters. The predicted octanol–water partition coefficient (Wildman–Crippen LogP) is 2.78. The van der Waals surface area contributed by atoms with Crippen molar-refractivity contribution in [2.75, 3.05) is 14.1 Å². The van der Waals surface area contributed by atoms with Crippen molar-refractivity contribution in [3.05, 3.63) is 44.3 Å². The number of hydrogen-bond donors (Lipinski definition) is 0. The van der Waals surface area contributed by atoms with E-state index in [2.05, 4.69) is 20.0 Å². The average molecular weight is 466 g/mol. The molecule has 0 heterocycles. The summed E-state index contributed by atoms with van der Waals surface area (Å²) in [5, 5.41) is 0. The van der Waals surface area contributed by atoms with Crippen molar-refractivity contribution >= 4 is 10.1 Å². The van der Waals surface area contributed by atoms with Crippen molar-refractivity contribution in [3.8, 4) is 0 Å². The van der Waals surface area contributed by atoms with Gasteiger partial charge in [0.15, 0.2) is 0 Å². The number of alkyl halides is 3. The SMILES string of the molecule is CC(C)C(OS(=O)(=O)C(F)(F)F)(C1C=CC=CC1)N(C)C.[C-]#[O+].[C-]#[O+].[C-]#[O+].[Mn]. The molecule has 1 radical (unpaired) electrons. The molecule has 0 N–H and O–H groups in total. The molecule has 0 aromatic carbocycles. The number of nitrogens with zero attached hydrogens (tertiary/aromatic N) is 1. The van der Waals surface area contributed by atoms with Gasteiger partial charge in [-0.1, -0.05) is 38.2 Å². The van der Waals surface area contributed by atoms with E-state index >= 15 is 0 Å². The first kappa shape index (κ1) is 34.4. The third-order valence-electron chi connectivity index (χ3n) is 3.56. The third kappa shape index (κ3) is 8.92. The second-order valence-electron chi connectivity index (χ2n) is 5.44. The zero-order valence-corrected chi connectivity index (χ0v) is 17.5. The second kappa shape index (κ2) is 15.8. The summed E-state index contributed by atoms with van der Waals surface area (Å²) in [6.07, 6.45) is 7.29. The Bertz CT molecular complexity index is 629. The molecule has 2 atom stereocenters. The van der Waals surface area contributed by atoms with Gasteiger partial charge in [-0.3, -0.25) is 4.90 Å². The number of halogens is 3. The van der Waals surface area contributed by atoms with E-state index in [0.29, 0.717) is 6.42 Å². The molecule has 0 aromatic heterocycles. The van der Waals surface area contributed by atoms with Gasteiger partial charge in [0.1, 0.15) is 5.72 Å². The average Bonchev–Trinajstić information content (AvgIpc) is 2.64. The monoisotopic (exact) mass is 466 g/mol. The maximum Gasteiger partial charge on any atom is 0 e. The summed E-state index contributed by atoms with van der Waals surface area (Å²) in [5.74, 6) is -0.986. The fourth-order valence-electron chi connectivity index (χ4n) is 2.62. The smallest absolute Gasteiger partial charge is 0 e. The predicted molar refractivity (Wildman–Crippen MR) is 85.5 cm³/mol. The molecule has 12 heteroatoms. The van der Waals surface area contributed by atoms with E-state index in [9.17, 15) is 21.6 Å². The quantitative estimate of drug-likeness (QED) is 0.155. The van der Waals surface area contributed by atoms with E-state index in [4.69, 9.17) is 18.1 Å². The van der Waals surface area contributed by atoms with E-state index < -0.39 is 33.2 Å². The van der Waals surface area contributed by atoms with E-state index in [1.54, 1.807) is 38.2 Å². The van der Waals surface area contributed by atoms with Crippen LogP contribution in [-0.4, -0.2) is 38.6 Å². The molecule has 0 fully saturated rings. The third-order valence-corrected chi connectivity index (χ3v) is 4.62. The minimum Gasteiger partial charge on any atom is 0 e. The van der Waals surface area contributed by atoms with Crippen LogP contribution < -0.4 is 0 Å². The van der Waals surface area contributed by atoms with Crippen LogP contribution in [0.1, 0.15) is 20.3 Å². The van der Waals surface area contributed by atoms with Gasteiger partial charge in [0, 0.05) is 23.0 Å². The van der Waals surface area contributed by atoms with Crippen molar-refractivity contribution in [1.29, 1.82) is 0 Å². The molecule has 0 spiro atoms. The first-order valence-corrected chi connectivity index (χ1v) is 8.50. The molecule has 1 aliphatic carbocycles. The van der Waals surface area contributed by atoms with Gasteiger partial charge in [-0.25, -0.2) is 4.18 Å². The molecule has 1 rings (SSSR count). The topological polar surface area (TPSA) is 106 Å². The van der Waals surface area contributed by atoms with Gasteiger partial charge in [-0.15, -0.1) is 0 Å². The van der Waals surface area contributed by atoms with Crippen LogP contribution in [0.15, 0.2) is 24.3 Å². The molecule has 0 saturated heterocycles. The minimum atomic E-state index is -5.69. The fraction of sp³-hybridized carbons (Fsp3) is 0.562. The van der Waals surface area contributed by atoms with Gasteiger partial charge < -0.3 is 0 Å². The molecule has 7 nitrogen and oxygen atoms in total. The van der Waals surface area contributed by atoms with E-state index in [-0.39, 0.29) is 17.1 Å². The number of allylic oxidation sites excluding steroid dienone is 3. The Morgan fingerprint density at radius 1 is 1.07 bits per heavy atom. The Labute approximate surface area is 173 Å². The van der Waals surface area contributed by atoms with Gasteiger partial charge in [-0.2, -0.15) is 21.6 Å². The van der Waals surface area contributed by atoms with Crippen LogP contribution in [0.25, 0.3) is 0 Å². The maximum atomic E-state index is 12.7. The second-order valence-corrected chi connectivity index (χ2v) is 6.98. The van der Waals surface area contributed by atoms with Crippen LogP contribution in [0, 0.1) is 31.8 Å². The largest absolute Gasteiger partial charge is 0 e. The Kier molecular flexibility index (Phi) is 19.4. The number of rotatable bonds is 5. The van der Waals surface area contributed by atoms with Crippen LogP contribution >= 0.6 is 0 Å². The minimum absolute atomic E-state index is 0. The molecule has 1 aliphatic rings. The molecular formula is C16H20F3MnNO6S. The van der Waals surface area contributed by atoms with Gasteiger partial charge >= 0.3 is 49.5 Å². The first-order chi connectivity index (χ1) is 12.4. The Balaban J connectivity index is -0.000000374. The first-order valence-electron chi connectivity index (χ1n) is 7.09. The van der Waals surface area contributed by atoms with Gasteiger partial charge in [0.25, 0.3) is 0 Å². The zero-order valence-electron chi connectivity index (χ0n) is 15.5. The molecule has 28 heavy (non-hydrogen) atoms. The molecule has 0 bridgehead atoms. The summed E-state index contributed by atoms with van der Waals surface area (Å²) in [7, 11) is -2.67. The summed E-state index contributed by atoms with van der Waals surface area (Å²) >= 11 is 0. The number of hydrogen-bond acceptors (Lipinski definition) is 4. The van der Waals surface area contributed by atoms with Crippen LogP contribution in [0.4, 0.5) is 13.2 Å². The van der Waals surface area contributed by atoms with Gasteiger partial charge in [0.05, 0.1) is 0 Å². The van der Waals surface area contributed by atoms with E-state index in [0.717, 1.165) is 0 Å². The van der Waals surface area contributed by atoms with Gasteiger partial charge in [-0.05, 0) is 26.4 Å². The van der Waals surface area contributed by atoms with Gasteiger partial charge in [0.2, 0.25) is 0 Å². The molecule has 0 amide bonds. The summed E-state index contributed by atoms with van der Waals surface area (Å²) in [6.45, 7) is 16.8. The molecule has 159 valence electrons. The van der Waals surface area contributed by atoms with Crippen LogP contribution in [-0.2, 0) is 45.3 Å². The van der Waals surface area contributed by atoms with Crippen molar-refractivity contribution in [2.45, 2.75) is 31.5 Å². The van der Waals surface area contributed by atoms with Crippen molar-refractivity contribution < 1.29 is 56.8 Å². The van der Waals surface area contributed by atoms with E-state index in [1.165, 1.54) is 19.0 Å². The van der Waals surface area contributed by atoms with E-state index in [1.807, 2.05) is 0 Å². The maximum absolute atomic E-state index is 12.7. The molecule has 0 aliphatic heterocycles. The fourth-order valence-corrected chi connectivity index (χ4v) is 3.53. The molecular weight excluding hydrogens is 446 g/mol. The molecule has 0 saturated carbocycles. The Hall–Kier alpha value is -1.12. The molecule has 0 aromatic rings. The van der Waals surface area contributed by atoms with Crippen molar-refractivity contribution in [3.63, 3.8) is 0 Å². The van der Waals surface area contributed by atoms with Crippen molar-refractivity contribution in [2.24, 2.45) is 11.8 Å². The Morgan fingerprint density at radius 3 is 1.75 bits per heavy atom. The normalized spacial score (nSPS) is 17.3. The summed E-state index contributed by atoms with van der Waals surface area (Å²) in [4.78, 5) is 1.40. The van der Waals surface area contributed by atoms with Crippen LogP contribution in [0.3, 0.4) is 0 Å². The Morgan fingerprint density at radius 2 is 1.50 bits per heavy atom. The van der Waals surface area contributed by atoms with Crippen molar-refractivity contribution in [1.82, 2.24) is 4.90 Å². The summed E-state index contributed by atoms with van der Waals surface area (Å²) in [5.41, 5.74) is -7.05. The summed E-state index contributed by atoms with van der Waals surface area (Å²) < 4.78 is 88.3. The van der Waals surface area contributed by atoms with Crippen LogP contribution in [0.5, 0.6) is 0 Å². The zero-order chi connectivity index (χ0) is 22.5. The summed E-state index contributed by atoms with van der Waals surface area (Å²) in [6, 6.07) is 0.